The van der Waals surface area contributed by atoms with Gasteiger partial charge in [0.1, 0.15) is 0 Å². The molecule has 1 N–H and O–H groups in total. The van der Waals surface area contributed by atoms with Crippen molar-refractivity contribution >= 4 is 11.9 Å². The van der Waals surface area contributed by atoms with Gasteiger partial charge < -0.3 is 5.11 Å². The van der Waals surface area contributed by atoms with Crippen LogP contribution in [0.4, 0.5) is 0 Å². The molecule has 0 bridgehead atoms. The Hall–Kier alpha value is 0.210. The van der Waals surface area contributed by atoms with E-state index >= 15 is 0 Å². The minimum atomic E-state index is 0.0108. The van der Waals surface area contributed by atoms with Crippen LogP contribution in [0.25, 0.3) is 0 Å². The molecule has 68 valence electrons. The standard InChI is InChI=1S/C8H17ClO2/c1-3-5-8(11-9)7(4-2)6-10/h7-8,10H,3-6H2,1-2H3. The van der Waals surface area contributed by atoms with E-state index in [-0.39, 0.29) is 18.6 Å². The molecule has 0 rings (SSSR count). The van der Waals surface area contributed by atoms with Gasteiger partial charge in [-0.1, -0.05) is 20.3 Å². The molecule has 0 heterocycles. The molecule has 0 aromatic carbocycles. The summed E-state index contributed by atoms with van der Waals surface area (Å²) in [6.45, 7) is 4.26. The van der Waals surface area contributed by atoms with Crippen LogP contribution in [-0.2, 0) is 4.29 Å². The molecule has 0 aliphatic carbocycles. The maximum Gasteiger partial charge on any atom is 0.0840 e. The minimum absolute atomic E-state index is 0.0108. The van der Waals surface area contributed by atoms with Gasteiger partial charge in [-0.2, -0.15) is 0 Å². The highest BCUT2D eigenvalue weighted by Gasteiger charge is 2.18. The Morgan fingerprint density at radius 2 is 2.09 bits per heavy atom. The monoisotopic (exact) mass is 180 g/mol. The third kappa shape index (κ3) is 3.94. The maximum atomic E-state index is 8.92. The normalized spacial score (nSPS) is 16.4. The summed E-state index contributed by atoms with van der Waals surface area (Å²) >= 11 is 5.29. The van der Waals surface area contributed by atoms with Gasteiger partial charge in [-0.15, -0.1) is 0 Å². The number of halogens is 1. The van der Waals surface area contributed by atoms with Crippen molar-refractivity contribution in [1.82, 2.24) is 0 Å². The molecule has 0 saturated carbocycles. The Balaban J connectivity index is 3.76. The molecule has 0 aromatic rings. The first-order valence-corrected chi connectivity index (χ1v) is 4.49. The molecule has 0 radical (unpaired) electrons. The Morgan fingerprint density at radius 3 is 2.36 bits per heavy atom. The molecule has 2 atom stereocenters. The maximum absolute atomic E-state index is 8.92. The fourth-order valence-electron chi connectivity index (χ4n) is 1.15. The second-order valence-corrected chi connectivity index (χ2v) is 2.95. The second kappa shape index (κ2) is 6.89. The summed E-state index contributed by atoms with van der Waals surface area (Å²) in [6, 6.07) is 0. The van der Waals surface area contributed by atoms with Gasteiger partial charge in [0.25, 0.3) is 0 Å². The fraction of sp³-hybridized carbons (Fsp3) is 1.00. The van der Waals surface area contributed by atoms with Crippen LogP contribution in [0.2, 0.25) is 0 Å². The van der Waals surface area contributed by atoms with Crippen molar-refractivity contribution in [3.63, 3.8) is 0 Å². The number of aliphatic hydroxyl groups excluding tert-OH is 1. The molecule has 0 fully saturated rings. The molecular formula is C8H17ClO2. The zero-order valence-corrected chi connectivity index (χ0v) is 7.97. The van der Waals surface area contributed by atoms with Gasteiger partial charge in [0.05, 0.1) is 18.0 Å². The van der Waals surface area contributed by atoms with E-state index < -0.39 is 0 Å². The lowest BCUT2D eigenvalue weighted by atomic mass is 9.97. The number of rotatable bonds is 6. The molecule has 11 heavy (non-hydrogen) atoms. The van der Waals surface area contributed by atoms with Crippen molar-refractivity contribution in [2.24, 2.45) is 5.92 Å². The smallest absolute Gasteiger partial charge is 0.0840 e. The average molecular weight is 181 g/mol. The zero-order chi connectivity index (χ0) is 8.69. The van der Waals surface area contributed by atoms with E-state index in [0.29, 0.717) is 0 Å². The van der Waals surface area contributed by atoms with Gasteiger partial charge in [-0.05, 0) is 12.8 Å². The lowest BCUT2D eigenvalue weighted by Gasteiger charge is -2.20. The molecule has 2 unspecified atom stereocenters. The van der Waals surface area contributed by atoms with Crippen LogP contribution < -0.4 is 0 Å². The zero-order valence-electron chi connectivity index (χ0n) is 7.22. The number of aliphatic hydroxyl groups is 1. The summed E-state index contributed by atoms with van der Waals surface area (Å²) in [5, 5.41) is 8.92. The summed E-state index contributed by atoms with van der Waals surface area (Å²) in [5.74, 6) is 0.187. The summed E-state index contributed by atoms with van der Waals surface area (Å²) in [4.78, 5) is 0. The Labute approximate surface area is 73.7 Å². The average Bonchev–Trinajstić information content (AvgIpc) is 2.05. The van der Waals surface area contributed by atoms with E-state index in [9.17, 15) is 0 Å². The van der Waals surface area contributed by atoms with Crippen LogP contribution >= 0.6 is 11.9 Å². The van der Waals surface area contributed by atoms with Crippen molar-refractivity contribution in [2.45, 2.75) is 39.2 Å². The fourth-order valence-corrected chi connectivity index (χ4v) is 1.38. The van der Waals surface area contributed by atoms with Gasteiger partial charge in [0.2, 0.25) is 0 Å². The first-order valence-electron chi connectivity index (χ1n) is 4.18. The summed E-state index contributed by atoms with van der Waals surface area (Å²) < 4.78 is 4.75. The van der Waals surface area contributed by atoms with Crippen LogP contribution in [0.3, 0.4) is 0 Å². The molecule has 0 aliphatic rings. The SMILES string of the molecule is CCCC(OCl)C(CC)CO. The van der Waals surface area contributed by atoms with Gasteiger partial charge in [0.15, 0.2) is 0 Å². The van der Waals surface area contributed by atoms with Crippen molar-refractivity contribution in [1.29, 1.82) is 0 Å². The number of hydrogen-bond acceptors (Lipinski definition) is 2. The predicted molar refractivity (Wildman–Crippen MR) is 46.5 cm³/mol. The Kier molecular flexibility index (Phi) is 7.02. The van der Waals surface area contributed by atoms with Crippen LogP contribution in [0.15, 0.2) is 0 Å². The largest absolute Gasteiger partial charge is 0.396 e. The van der Waals surface area contributed by atoms with E-state index in [4.69, 9.17) is 21.3 Å². The molecule has 0 saturated heterocycles. The Morgan fingerprint density at radius 1 is 1.45 bits per heavy atom. The highest BCUT2D eigenvalue weighted by molar-refractivity contribution is 6.07. The third-order valence-electron chi connectivity index (χ3n) is 1.97. The first kappa shape index (κ1) is 11.2. The lowest BCUT2D eigenvalue weighted by Crippen LogP contribution is -2.23. The van der Waals surface area contributed by atoms with E-state index in [1.54, 1.807) is 0 Å². The van der Waals surface area contributed by atoms with Crippen LogP contribution in [0.1, 0.15) is 33.1 Å². The highest BCUT2D eigenvalue weighted by Crippen LogP contribution is 2.17. The van der Waals surface area contributed by atoms with E-state index in [0.717, 1.165) is 19.3 Å². The van der Waals surface area contributed by atoms with Crippen molar-refractivity contribution in [3.8, 4) is 0 Å². The first-order chi connectivity index (χ1) is 5.29. The molecule has 0 aliphatic heterocycles. The van der Waals surface area contributed by atoms with Crippen LogP contribution in [0, 0.1) is 5.92 Å². The topological polar surface area (TPSA) is 29.5 Å². The van der Waals surface area contributed by atoms with Gasteiger partial charge >= 0.3 is 0 Å². The summed E-state index contributed by atoms with van der Waals surface area (Å²) in [6.07, 6.45) is 2.88. The molecule has 2 nitrogen and oxygen atoms in total. The molecule has 0 amide bonds. The van der Waals surface area contributed by atoms with E-state index in [1.807, 2.05) is 6.92 Å². The van der Waals surface area contributed by atoms with Crippen LogP contribution in [0.5, 0.6) is 0 Å². The molecule has 0 aromatic heterocycles. The molecule has 3 heteroatoms. The number of hydrogen-bond donors (Lipinski definition) is 1. The third-order valence-corrected chi connectivity index (χ3v) is 2.20. The van der Waals surface area contributed by atoms with Gasteiger partial charge in [0, 0.05) is 12.5 Å². The molecule has 0 spiro atoms. The van der Waals surface area contributed by atoms with Gasteiger partial charge in [-0.25, -0.2) is 0 Å². The quantitative estimate of drug-likeness (QED) is 0.680. The minimum Gasteiger partial charge on any atom is -0.396 e. The van der Waals surface area contributed by atoms with Crippen molar-refractivity contribution in [3.05, 3.63) is 0 Å². The highest BCUT2D eigenvalue weighted by atomic mass is 35.5. The van der Waals surface area contributed by atoms with Crippen molar-refractivity contribution < 1.29 is 9.40 Å². The second-order valence-electron chi connectivity index (χ2n) is 2.77. The van der Waals surface area contributed by atoms with Crippen molar-refractivity contribution in [2.75, 3.05) is 6.61 Å². The van der Waals surface area contributed by atoms with Crippen LogP contribution in [-0.4, -0.2) is 17.8 Å². The predicted octanol–water partition coefficient (Wildman–Crippen LogP) is 2.34. The Bertz CT molecular complexity index is 84.2. The molecular weight excluding hydrogens is 164 g/mol. The van der Waals surface area contributed by atoms with Gasteiger partial charge in [-0.3, -0.25) is 4.29 Å². The summed E-state index contributed by atoms with van der Waals surface area (Å²) in [7, 11) is 0. The lowest BCUT2D eigenvalue weighted by molar-refractivity contribution is 0.0854. The summed E-state index contributed by atoms with van der Waals surface area (Å²) in [5.41, 5.74) is 0. The van der Waals surface area contributed by atoms with E-state index in [2.05, 4.69) is 6.92 Å². The van der Waals surface area contributed by atoms with E-state index in [1.165, 1.54) is 0 Å².